The van der Waals surface area contributed by atoms with Gasteiger partial charge in [-0.25, -0.2) is 9.18 Å². The maximum absolute atomic E-state index is 13.5. The number of halogens is 1. The monoisotopic (exact) mass is 263 g/mol. The Morgan fingerprint density at radius 1 is 1.37 bits per heavy atom. The predicted octanol–water partition coefficient (Wildman–Crippen LogP) is 2.04. The molecule has 2 atom stereocenters. The molecule has 0 saturated carbocycles. The van der Waals surface area contributed by atoms with Gasteiger partial charge in [0.2, 0.25) is 0 Å². The molecular weight excluding hydrogens is 245 g/mol. The number of nitrogens with one attached hydrogen (secondary N) is 2. The summed E-state index contributed by atoms with van der Waals surface area (Å²) in [5.41, 5.74) is 0.251. The molecule has 1 aromatic carbocycles. The maximum atomic E-state index is 13.5. The summed E-state index contributed by atoms with van der Waals surface area (Å²) < 4.78 is 13.5. The summed E-state index contributed by atoms with van der Waals surface area (Å²) in [5, 5.41) is 6.01. The van der Waals surface area contributed by atoms with Gasteiger partial charge in [0.05, 0.1) is 5.69 Å². The van der Waals surface area contributed by atoms with E-state index < -0.39 is 5.82 Å². The Hall–Kier alpha value is -1.62. The van der Waals surface area contributed by atoms with Crippen LogP contribution in [-0.2, 0) is 0 Å². The molecule has 0 aliphatic carbocycles. The second-order valence-corrected chi connectivity index (χ2v) is 5.23. The van der Waals surface area contributed by atoms with Crippen molar-refractivity contribution in [2.75, 3.05) is 25.0 Å². The SMILES string of the molecule is O=C(Nc1ccccc1F)N1CCCC2CNCC21. The van der Waals surface area contributed by atoms with Crippen LogP contribution in [0.15, 0.2) is 24.3 Å². The molecule has 2 amide bonds. The van der Waals surface area contributed by atoms with Crippen LogP contribution in [0.3, 0.4) is 0 Å². The largest absolute Gasteiger partial charge is 0.322 e. The summed E-state index contributed by atoms with van der Waals surface area (Å²) in [6.07, 6.45) is 2.19. The van der Waals surface area contributed by atoms with Crippen LogP contribution in [-0.4, -0.2) is 36.6 Å². The Kier molecular flexibility index (Phi) is 3.38. The highest BCUT2D eigenvalue weighted by molar-refractivity contribution is 5.89. The molecule has 0 spiro atoms. The highest BCUT2D eigenvalue weighted by Gasteiger charge is 2.37. The summed E-state index contributed by atoms with van der Waals surface area (Å²) in [4.78, 5) is 14.1. The third kappa shape index (κ3) is 2.42. The van der Waals surface area contributed by atoms with Crippen LogP contribution in [0.25, 0.3) is 0 Å². The van der Waals surface area contributed by atoms with Crippen LogP contribution in [0.5, 0.6) is 0 Å². The van der Waals surface area contributed by atoms with Crippen molar-refractivity contribution in [3.05, 3.63) is 30.1 Å². The van der Waals surface area contributed by atoms with E-state index in [9.17, 15) is 9.18 Å². The number of benzene rings is 1. The van der Waals surface area contributed by atoms with Gasteiger partial charge in [-0.3, -0.25) is 0 Å². The molecular formula is C14H18FN3O. The van der Waals surface area contributed by atoms with Gasteiger partial charge in [0.25, 0.3) is 0 Å². The van der Waals surface area contributed by atoms with Crippen molar-refractivity contribution >= 4 is 11.7 Å². The van der Waals surface area contributed by atoms with E-state index in [4.69, 9.17) is 0 Å². The van der Waals surface area contributed by atoms with Crippen LogP contribution in [0.2, 0.25) is 0 Å². The summed E-state index contributed by atoms with van der Waals surface area (Å²) in [6.45, 7) is 2.58. The van der Waals surface area contributed by atoms with Crippen LogP contribution in [0.1, 0.15) is 12.8 Å². The first kappa shape index (κ1) is 12.4. The van der Waals surface area contributed by atoms with E-state index in [1.54, 1.807) is 18.2 Å². The third-order valence-electron chi connectivity index (χ3n) is 4.05. The average Bonchev–Trinajstić information content (AvgIpc) is 2.89. The van der Waals surface area contributed by atoms with E-state index in [-0.39, 0.29) is 17.8 Å². The number of carbonyl (C=O) groups excluding carboxylic acids is 1. The zero-order valence-electron chi connectivity index (χ0n) is 10.7. The van der Waals surface area contributed by atoms with Crippen molar-refractivity contribution in [1.29, 1.82) is 0 Å². The number of fused-ring (bicyclic) bond motifs is 1. The normalized spacial score (nSPS) is 26.1. The zero-order chi connectivity index (χ0) is 13.2. The van der Waals surface area contributed by atoms with Gasteiger partial charge in [-0.15, -0.1) is 0 Å². The molecule has 102 valence electrons. The van der Waals surface area contributed by atoms with E-state index in [0.717, 1.165) is 26.1 Å². The first-order valence-corrected chi connectivity index (χ1v) is 6.78. The third-order valence-corrected chi connectivity index (χ3v) is 4.05. The van der Waals surface area contributed by atoms with Crippen molar-refractivity contribution < 1.29 is 9.18 Å². The molecule has 2 unspecified atom stereocenters. The minimum atomic E-state index is -0.394. The number of urea groups is 1. The standard InChI is InChI=1S/C14H18FN3O/c15-11-5-1-2-6-12(11)17-14(19)18-7-3-4-10-8-16-9-13(10)18/h1-2,5-6,10,13,16H,3-4,7-9H2,(H,17,19). The van der Waals surface area contributed by atoms with Gasteiger partial charge in [0.15, 0.2) is 0 Å². The molecule has 0 bridgehead atoms. The Morgan fingerprint density at radius 2 is 2.21 bits per heavy atom. The van der Waals surface area contributed by atoms with Crippen molar-refractivity contribution in [2.45, 2.75) is 18.9 Å². The quantitative estimate of drug-likeness (QED) is 0.814. The molecule has 0 aromatic heterocycles. The summed E-state index contributed by atoms with van der Waals surface area (Å²) in [6, 6.07) is 6.33. The second kappa shape index (κ2) is 5.17. The molecule has 5 heteroatoms. The molecule has 1 aromatic rings. The Bertz CT molecular complexity index is 480. The number of hydrogen-bond donors (Lipinski definition) is 2. The van der Waals surface area contributed by atoms with Crippen LogP contribution in [0.4, 0.5) is 14.9 Å². The fourth-order valence-corrected chi connectivity index (χ4v) is 3.07. The van der Waals surface area contributed by atoms with E-state index in [1.165, 1.54) is 12.5 Å². The van der Waals surface area contributed by atoms with Gasteiger partial charge in [0, 0.05) is 25.7 Å². The molecule has 2 aliphatic rings. The number of anilines is 1. The number of amides is 2. The minimum Gasteiger partial charge on any atom is -0.320 e. The number of piperidine rings is 1. The van der Waals surface area contributed by atoms with Crippen LogP contribution < -0.4 is 10.6 Å². The molecule has 0 radical (unpaired) electrons. The summed E-state index contributed by atoms with van der Waals surface area (Å²) >= 11 is 0. The first-order chi connectivity index (χ1) is 9.25. The molecule has 4 nitrogen and oxygen atoms in total. The lowest BCUT2D eigenvalue weighted by molar-refractivity contribution is 0.147. The highest BCUT2D eigenvalue weighted by atomic mass is 19.1. The van der Waals surface area contributed by atoms with E-state index in [2.05, 4.69) is 10.6 Å². The van der Waals surface area contributed by atoms with Gasteiger partial charge in [-0.2, -0.15) is 0 Å². The molecule has 2 N–H and O–H groups in total. The zero-order valence-corrected chi connectivity index (χ0v) is 10.7. The van der Waals surface area contributed by atoms with Crippen molar-refractivity contribution in [1.82, 2.24) is 10.2 Å². The molecule has 19 heavy (non-hydrogen) atoms. The van der Waals surface area contributed by atoms with E-state index in [0.29, 0.717) is 5.92 Å². The number of likely N-dealkylation sites (tertiary alicyclic amines) is 1. The predicted molar refractivity (Wildman–Crippen MR) is 71.5 cm³/mol. The van der Waals surface area contributed by atoms with Crippen LogP contribution in [0, 0.1) is 11.7 Å². The van der Waals surface area contributed by atoms with Gasteiger partial charge >= 0.3 is 6.03 Å². The van der Waals surface area contributed by atoms with Crippen LogP contribution >= 0.6 is 0 Å². The Labute approximate surface area is 112 Å². The van der Waals surface area contributed by atoms with Gasteiger partial charge in [0.1, 0.15) is 5.82 Å². The Balaban J connectivity index is 1.71. The average molecular weight is 263 g/mol. The first-order valence-electron chi connectivity index (χ1n) is 6.78. The van der Waals surface area contributed by atoms with Gasteiger partial charge in [-0.1, -0.05) is 12.1 Å². The second-order valence-electron chi connectivity index (χ2n) is 5.23. The molecule has 2 saturated heterocycles. The van der Waals surface area contributed by atoms with E-state index >= 15 is 0 Å². The van der Waals surface area contributed by atoms with E-state index in [1.807, 2.05) is 4.90 Å². The summed E-state index contributed by atoms with van der Waals surface area (Å²) in [5.74, 6) is 0.147. The number of hydrogen-bond acceptors (Lipinski definition) is 2. The van der Waals surface area contributed by atoms with Gasteiger partial charge < -0.3 is 15.5 Å². The van der Waals surface area contributed by atoms with Crippen molar-refractivity contribution in [3.63, 3.8) is 0 Å². The fraction of sp³-hybridized carbons (Fsp3) is 0.500. The maximum Gasteiger partial charge on any atom is 0.322 e. The fourth-order valence-electron chi connectivity index (χ4n) is 3.07. The smallest absolute Gasteiger partial charge is 0.320 e. The van der Waals surface area contributed by atoms with Crippen molar-refractivity contribution in [3.8, 4) is 0 Å². The Morgan fingerprint density at radius 3 is 3.05 bits per heavy atom. The van der Waals surface area contributed by atoms with Crippen molar-refractivity contribution in [2.24, 2.45) is 5.92 Å². The number of para-hydroxylation sites is 1. The molecule has 2 heterocycles. The lowest BCUT2D eigenvalue weighted by Gasteiger charge is -2.36. The topological polar surface area (TPSA) is 44.4 Å². The lowest BCUT2D eigenvalue weighted by Crippen LogP contribution is -2.50. The van der Waals surface area contributed by atoms with Gasteiger partial charge in [-0.05, 0) is 30.9 Å². The minimum absolute atomic E-state index is 0.191. The molecule has 2 aliphatic heterocycles. The number of carbonyl (C=O) groups is 1. The molecule has 2 fully saturated rings. The molecule has 3 rings (SSSR count). The lowest BCUT2D eigenvalue weighted by atomic mass is 9.92. The summed E-state index contributed by atoms with van der Waals surface area (Å²) in [7, 11) is 0. The number of rotatable bonds is 1. The highest BCUT2D eigenvalue weighted by Crippen LogP contribution is 2.27. The number of nitrogens with zero attached hydrogens (tertiary/aromatic N) is 1.